The van der Waals surface area contributed by atoms with E-state index in [1.54, 1.807) is 13.8 Å². The number of carbonyl (C=O) groups excluding carboxylic acids is 1. The van der Waals surface area contributed by atoms with Crippen LogP contribution in [-0.2, 0) is 27.9 Å². The molecule has 0 aromatic carbocycles. The molecule has 0 aliphatic heterocycles. The van der Waals surface area contributed by atoms with Gasteiger partial charge in [-0.15, -0.1) is 0 Å². The molecule has 0 unspecified atom stereocenters. The molecule has 0 saturated carbocycles. The largest absolute Gasteiger partial charge is 0.467 e. The zero-order valence-electron chi connectivity index (χ0n) is 16.4. The number of halogens is 3. The Labute approximate surface area is 171 Å². The van der Waals surface area contributed by atoms with E-state index in [1.165, 1.54) is 18.4 Å². The molecule has 0 aliphatic carbocycles. The molecule has 1 amide bonds. The van der Waals surface area contributed by atoms with Crippen LogP contribution in [0.15, 0.2) is 50.8 Å². The van der Waals surface area contributed by atoms with Gasteiger partial charge in [-0.05, 0) is 18.2 Å². The molecule has 0 aliphatic rings. The number of hydrogen-bond donors (Lipinski definition) is 0. The normalized spacial score (nSPS) is 12.3. The lowest BCUT2D eigenvalue weighted by molar-refractivity contribution is -0.163. The van der Waals surface area contributed by atoms with Gasteiger partial charge < -0.3 is 13.9 Å². The second-order valence-electron chi connectivity index (χ2n) is 6.36. The van der Waals surface area contributed by atoms with Crippen LogP contribution in [0.4, 0.5) is 13.2 Å². The Bertz CT molecular complexity index is 1010. The first-order valence-electron chi connectivity index (χ1n) is 9.05. The predicted molar refractivity (Wildman–Crippen MR) is 101 cm³/mol. The van der Waals surface area contributed by atoms with Crippen LogP contribution in [0.2, 0.25) is 0 Å². The fourth-order valence-electron chi connectivity index (χ4n) is 2.78. The summed E-state index contributed by atoms with van der Waals surface area (Å²) in [6.07, 6.45) is -2.44. The summed E-state index contributed by atoms with van der Waals surface area (Å²) < 4.78 is 71.0. The molecule has 2 aromatic heterocycles. The Morgan fingerprint density at radius 3 is 2.37 bits per heavy atom. The molecule has 0 saturated heterocycles. The molecule has 2 rings (SSSR count). The third kappa shape index (κ3) is 5.95. The van der Waals surface area contributed by atoms with Crippen molar-refractivity contribution >= 4 is 15.9 Å². The molecule has 0 bridgehead atoms. The van der Waals surface area contributed by atoms with Crippen molar-refractivity contribution < 1.29 is 30.8 Å². The number of nitrogens with zero attached hydrogens (tertiary/aromatic N) is 3. The van der Waals surface area contributed by atoms with Crippen molar-refractivity contribution in [3.8, 4) is 0 Å². The van der Waals surface area contributed by atoms with Gasteiger partial charge in [0.1, 0.15) is 18.8 Å². The zero-order valence-corrected chi connectivity index (χ0v) is 17.2. The maximum atomic E-state index is 12.9. The zero-order chi connectivity index (χ0) is 22.5. The fraction of sp³-hybridized carbons (Fsp3) is 0.444. The number of hydrogen-bond acceptors (Lipinski definition) is 5. The van der Waals surface area contributed by atoms with Gasteiger partial charge in [-0.25, -0.2) is 8.42 Å². The van der Waals surface area contributed by atoms with E-state index in [4.69, 9.17) is 4.42 Å². The number of amides is 1. The lowest BCUT2D eigenvalue weighted by Crippen LogP contribution is -2.41. The average Bonchev–Trinajstić information content (AvgIpc) is 3.15. The minimum Gasteiger partial charge on any atom is -0.467 e. The number of carbonyl (C=O) groups is 1. The second kappa shape index (κ2) is 9.47. The molecule has 0 fully saturated rings. The quantitative estimate of drug-likeness (QED) is 0.584. The monoisotopic (exact) mass is 449 g/mol. The van der Waals surface area contributed by atoms with Gasteiger partial charge in [0.05, 0.1) is 17.7 Å². The van der Waals surface area contributed by atoms with Gasteiger partial charge in [0.25, 0.3) is 5.56 Å². The van der Waals surface area contributed by atoms with E-state index in [9.17, 15) is 31.2 Å². The Kier molecular flexibility index (Phi) is 7.48. The highest BCUT2D eigenvalue weighted by molar-refractivity contribution is 7.89. The molecule has 0 N–H and O–H groups in total. The van der Waals surface area contributed by atoms with E-state index >= 15 is 0 Å². The Hall–Kier alpha value is -2.60. The van der Waals surface area contributed by atoms with Crippen molar-refractivity contribution in [2.75, 3.05) is 19.6 Å². The lowest BCUT2D eigenvalue weighted by atomic mass is 10.3. The van der Waals surface area contributed by atoms with Crippen LogP contribution < -0.4 is 5.56 Å². The van der Waals surface area contributed by atoms with Crippen molar-refractivity contribution in [1.82, 2.24) is 13.8 Å². The van der Waals surface area contributed by atoms with E-state index in [0.717, 1.165) is 27.2 Å². The molecule has 2 heterocycles. The van der Waals surface area contributed by atoms with Crippen LogP contribution in [0.25, 0.3) is 0 Å². The Morgan fingerprint density at radius 1 is 1.17 bits per heavy atom. The number of alkyl halides is 3. The fourth-order valence-corrected chi connectivity index (χ4v) is 4.26. The first-order valence-corrected chi connectivity index (χ1v) is 10.5. The van der Waals surface area contributed by atoms with Crippen LogP contribution in [0.5, 0.6) is 0 Å². The third-order valence-corrected chi connectivity index (χ3v) is 6.29. The molecule has 8 nitrogen and oxygen atoms in total. The third-order valence-electron chi connectivity index (χ3n) is 4.25. The molecule has 0 atom stereocenters. The van der Waals surface area contributed by atoms with Gasteiger partial charge in [-0.3, -0.25) is 9.59 Å². The van der Waals surface area contributed by atoms with E-state index in [1.807, 2.05) is 0 Å². The summed E-state index contributed by atoms with van der Waals surface area (Å²) in [5, 5.41) is 0. The summed E-state index contributed by atoms with van der Waals surface area (Å²) in [7, 11) is -3.91. The smallest absolute Gasteiger partial charge is 0.406 e. The van der Waals surface area contributed by atoms with E-state index < -0.39 is 47.3 Å². The SMILES string of the molecule is CCN(CC)S(=O)(=O)c1ccc(=O)n(CC(=O)N(Cc2ccco2)CC(F)(F)F)c1. The van der Waals surface area contributed by atoms with Crippen molar-refractivity contribution in [2.24, 2.45) is 0 Å². The first kappa shape index (κ1) is 23.7. The van der Waals surface area contributed by atoms with Crippen LogP contribution in [0.3, 0.4) is 0 Å². The minimum atomic E-state index is -4.67. The Balaban J connectivity index is 2.32. The summed E-state index contributed by atoms with van der Waals surface area (Å²) in [5.74, 6) is -0.874. The van der Waals surface area contributed by atoms with Crippen LogP contribution in [-0.4, -0.2) is 53.9 Å². The number of furan rings is 1. The molecule has 2 aromatic rings. The topological polar surface area (TPSA) is 92.8 Å². The van der Waals surface area contributed by atoms with Gasteiger partial charge in [-0.1, -0.05) is 13.8 Å². The highest BCUT2D eigenvalue weighted by Crippen LogP contribution is 2.19. The van der Waals surface area contributed by atoms with Crippen molar-refractivity contribution in [3.05, 3.63) is 52.8 Å². The predicted octanol–water partition coefficient (Wildman–Crippen LogP) is 2.06. The summed E-state index contributed by atoms with van der Waals surface area (Å²) in [4.78, 5) is 24.9. The summed E-state index contributed by atoms with van der Waals surface area (Å²) >= 11 is 0. The van der Waals surface area contributed by atoms with Crippen molar-refractivity contribution in [2.45, 2.75) is 38.0 Å². The van der Waals surface area contributed by atoms with Gasteiger partial charge in [-0.2, -0.15) is 17.5 Å². The van der Waals surface area contributed by atoms with Gasteiger partial charge in [0.2, 0.25) is 15.9 Å². The summed E-state index contributed by atoms with van der Waals surface area (Å²) in [5.41, 5.74) is -0.716. The molecule has 0 spiro atoms. The number of sulfonamides is 1. The van der Waals surface area contributed by atoms with Gasteiger partial charge in [0, 0.05) is 25.4 Å². The lowest BCUT2D eigenvalue weighted by Gasteiger charge is -2.24. The number of aromatic nitrogens is 1. The Morgan fingerprint density at radius 2 is 1.83 bits per heavy atom. The molecule has 0 radical (unpaired) electrons. The average molecular weight is 449 g/mol. The first-order chi connectivity index (χ1) is 14.0. The van der Waals surface area contributed by atoms with Gasteiger partial charge in [0.15, 0.2) is 0 Å². The standard InChI is InChI=1S/C18H22F3N3O5S/c1-3-24(4-2)30(27,28)15-7-8-16(25)22(11-15)12-17(26)23(13-18(19,20)21)10-14-6-5-9-29-14/h5-9,11H,3-4,10,12-13H2,1-2H3. The van der Waals surface area contributed by atoms with Crippen molar-refractivity contribution in [1.29, 1.82) is 0 Å². The van der Waals surface area contributed by atoms with Crippen LogP contribution in [0, 0.1) is 0 Å². The maximum Gasteiger partial charge on any atom is 0.406 e. The van der Waals surface area contributed by atoms with Crippen LogP contribution in [0.1, 0.15) is 19.6 Å². The van der Waals surface area contributed by atoms with Gasteiger partial charge >= 0.3 is 6.18 Å². The van der Waals surface area contributed by atoms with E-state index in [2.05, 4.69) is 0 Å². The van der Waals surface area contributed by atoms with E-state index in [-0.39, 0.29) is 23.7 Å². The molecular formula is C18H22F3N3O5S. The summed E-state index contributed by atoms with van der Waals surface area (Å²) in [6.45, 7) is 0.931. The highest BCUT2D eigenvalue weighted by Gasteiger charge is 2.33. The molecule has 12 heteroatoms. The van der Waals surface area contributed by atoms with Crippen LogP contribution >= 0.6 is 0 Å². The number of rotatable bonds is 9. The summed E-state index contributed by atoms with van der Waals surface area (Å²) in [6, 6.07) is 4.95. The molecule has 166 valence electrons. The minimum absolute atomic E-state index is 0.137. The molecule has 30 heavy (non-hydrogen) atoms. The second-order valence-corrected chi connectivity index (χ2v) is 8.30. The number of pyridine rings is 1. The highest BCUT2D eigenvalue weighted by atomic mass is 32.2. The molecular weight excluding hydrogens is 427 g/mol. The van der Waals surface area contributed by atoms with E-state index in [0.29, 0.717) is 4.90 Å². The van der Waals surface area contributed by atoms with Crippen molar-refractivity contribution in [3.63, 3.8) is 0 Å². The maximum absolute atomic E-state index is 12.9.